The summed E-state index contributed by atoms with van der Waals surface area (Å²) < 4.78 is 36.0. The fourth-order valence-electron chi connectivity index (χ4n) is 0.773. The van der Waals surface area contributed by atoms with Crippen molar-refractivity contribution >= 4 is 28.3 Å². The summed E-state index contributed by atoms with van der Waals surface area (Å²) in [6.45, 7) is 0. The van der Waals surface area contributed by atoms with Crippen LogP contribution in [0.15, 0.2) is 23.3 Å². The van der Waals surface area contributed by atoms with Crippen LogP contribution in [-0.2, 0) is 0 Å². The summed E-state index contributed by atoms with van der Waals surface area (Å²) >= 11 is 4.83. The molecular weight excluding hydrogens is 251 g/mol. The SMILES string of the molecule is O=[N+]([O-])c1cccnc1N=C(Cl)C(F)(F)F. The van der Waals surface area contributed by atoms with Gasteiger partial charge in [-0.3, -0.25) is 10.1 Å². The molecule has 0 amide bonds. The Morgan fingerprint density at radius 2 is 2.19 bits per heavy atom. The summed E-state index contributed by atoms with van der Waals surface area (Å²) in [6.07, 6.45) is -3.78. The zero-order valence-electron chi connectivity index (χ0n) is 7.40. The van der Waals surface area contributed by atoms with Crippen LogP contribution in [0.4, 0.5) is 24.7 Å². The van der Waals surface area contributed by atoms with Gasteiger partial charge < -0.3 is 0 Å². The van der Waals surface area contributed by atoms with Gasteiger partial charge in [-0.25, -0.2) is 9.98 Å². The quantitative estimate of drug-likeness (QED) is 0.462. The van der Waals surface area contributed by atoms with Crippen LogP contribution in [0.25, 0.3) is 0 Å². The molecule has 0 fully saturated rings. The standard InChI is InChI=1S/C7H3ClF3N3O2/c8-6(7(9,10)11)13-5-4(14(15)16)2-1-3-12-5/h1-3H. The first-order valence-electron chi connectivity index (χ1n) is 3.73. The topological polar surface area (TPSA) is 68.4 Å². The van der Waals surface area contributed by atoms with Crippen molar-refractivity contribution in [2.75, 3.05) is 0 Å². The minimum absolute atomic E-state index is 0.648. The first-order valence-corrected chi connectivity index (χ1v) is 4.11. The van der Waals surface area contributed by atoms with Gasteiger partial charge >= 0.3 is 11.9 Å². The Hall–Kier alpha value is -1.70. The van der Waals surface area contributed by atoms with E-state index in [1.807, 2.05) is 0 Å². The molecule has 16 heavy (non-hydrogen) atoms. The molecule has 0 radical (unpaired) electrons. The van der Waals surface area contributed by atoms with Crippen LogP contribution in [0.1, 0.15) is 0 Å². The summed E-state index contributed by atoms with van der Waals surface area (Å²) in [6, 6.07) is 2.19. The third kappa shape index (κ3) is 2.89. The number of hydrogen-bond acceptors (Lipinski definition) is 4. The van der Waals surface area contributed by atoms with E-state index >= 15 is 0 Å². The largest absolute Gasteiger partial charge is 0.444 e. The summed E-state index contributed by atoms with van der Waals surface area (Å²) in [5.74, 6) is -0.685. The molecule has 0 aliphatic heterocycles. The van der Waals surface area contributed by atoms with Gasteiger partial charge in [0.25, 0.3) is 0 Å². The first-order chi connectivity index (χ1) is 7.32. The normalized spacial score (nSPS) is 12.6. The Morgan fingerprint density at radius 3 is 2.69 bits per heavy atom. The minimum atomic E-state index is -4.85. The molecule has 0 atom stereocenters. The third-order valence-corrected chi connectivity index (χ3v) is 1.70. The number of nitrogens with zero attached hydrogens (tertiary/aromatic N) is 3. The third-order valence-electron chi connectivity index (χ3n) is 1.40. The number of alkyl halides is 3. The lowest BCUT2D eigenvalue weighted by Gasteiger charge is -2.02. The van der Waals surface area contributed by atoms with Crippen LogP contribution < -0.4 is 0 Å². The number of aliphatic imine (C=N–C) groups is 1. The smallest absolute Gasteiger partial charge is 0.258 e. The second-order valence-corrected chi connectivity index (χ2v) is 2.86. The predicted octanol–water partition coefficient (Wildman–Crippen LogP) is 2.82. The van der Waals surface area contributed by atoms with Crippen LogP contribution in [0, 0.1) is 10.1 Å². The maximum Gasteiger partial charge on any atom is 0.444 e. The van der Waals surface area contributed by atoms with E-state index in [-0.39, 0.29) is 0 Å². The molecule has 0 saturated carbocycles. The van der Waals surface area contributed by atoms with E-state index < -0.39 is 27.8 Å². The maximum atomic E-state index is 12.0. The molecule has 1 rings (SSSR count). The van der Waals surface area contributed by atoms with E-state index in [1.54, 1.807) is 0 Å². The highest BCUT2D eigenvalue weighted by atomic mass is 35.5. The average molecular weight is 254 g/mol. The second-order valence-electron chi connectivity index (χ2n) is 2.50. The van der Waals surface area contributed by atoms with E-state index in [0.717, 1.165) is 12.3 Å². The van der Waals surface area contributed by atoms with Crippen molar-refractivity contribution in [1.29, 1.82) is 0 Å². The highest BCUT2D eigenvalue weighted by Crippen LogP contribution is 2.28. The number of rotatable bonds is 2. The van der Waals surface area contributed by atoms with Crippen molar-refractivity contribution in [3.05, 3.63) is 28.4 Å². The highest BCUT2D eigenvalue weighted by molar-refractivity contribution is 6.67. The Kier molecular flexibility index (Phi) is 3.43. The number of pyridine rings is 1. The summed E-state index contributed by atoms with van der Waals surface area (Å²) in [4.78, 5) is 15.7. The lowest BCUT2D eigenvalue weighted by molar-refractivity contribution is -0.384. The van der Waals surface area contributed by atoms with Crippen molar-refractivity contribution < 1.29 is 18.1 Å². The van der Waals surface area contributed by atoms with Gasteiger partial charge in [0.05, 0.1) is 4.92 Å². The van der Waals surface area contributed by atoms with Gasteiger partial charge in [-0.05, 0) is 6.07 Å². The average Bonchev–Trinajstić information content (AvgIpc) is 2.16. The van der Waals surface area contributed by atoms with Crippen LogP contribution in [-0.4, -0.2) is 21.3 Å². The van der Waals surface area contributed by atoms with Crippen molar-refractivity contribution in [1.82, 2.24) is 4.98 Å². The number of hydrogen-bond donors (Lipinski definition) is 0. The van der Waals surface area contributed by atoms with Crippen molar-refractivity contribution in [2.45, 2.75) is 6.18 Å². The van der Waals surface area contributed by atoms with Crippen molar-refractivity contribution in [3.8, 4) is 0 Å². The molecule has 0 spiro atoms. The molecule has 0 aromatic carbocycles. The summed E-state index contributed by atoms with van der Waals surface area (Å²) in [7, 11) is 0. The lowest BCUT2D eigenvalue weighted by Crippen LogP contribution is -2.16. The van der Waals surface area contributed by atoms with E-state index in [9.17, 15) is 23.3 Å². The molecule has 1 aromatic rings. The minimum Gasteiger partial charge on any atom is -0.258 e. The molecule has 0 aliphatic rings. The van der Waals surface area contributed by atoms with Gasteiger partial charge in [0.1, 0.15) is 0 Å². The summed E-state index contributed by atoms with van der Waals surface area (Å²) in [5.41, 5.74) is -0.648. The molecule has 0 aliphatic carbocycles. The molecule has 86 valence electrons. The van der Waals surface area contributed by atoms with Gasteiger partial charge in [-0.2, -0.15) is 13.2 Å². The number of nitro groups is 1. The second kappa shape index (κ2) is 4.44. The molecule has 5 nitrogen and oxygen atoms in total. The van der Waals surface area contributed by atoms with Crippen LogP contribution in [0.3, 0.4) is 0 Å². The Morgan fingerprint density at radius 1 is 1.56 bits per heavy atom. The molecule has 0 N–H and O–H groups in total. The first kappa shape index (κ1) is 12.4. The molecule has 1 aromatic heterocycles. The van der Waals surface area contributed by atoms with Gasteiger partial charge in [0, 0.05) is 12.3 Å². The Balaban J connectivity index is 3.20. The fraction of sp³-hybridized carbons (Fsp3) is 0.143. The summed E-state index contributed by atoms with van der Waals surface area (Å²) in [5, 5.41) is 8.71. The van der Waals surface area contributed by atoms with Gasteiger partial charge in [-0.1, -0.05) is 11.6 Å². The monoisotopic (exact) mass is 253 g/mol. The molecule has 0 bridgehead atoms. The number of halogens is 4. The van der Waals surface area contributed by atoms with E-state index in [2.05, 4.69) is 9.98 Å². The van der Waals surface area contributed by atoms with Crippen LogP contribution >= 0.6 is 11.6 Å². The van der Waals surface area contributed by atoms with E-state index in [0.29, 0.717) is 0 Å². The van der Waals surface area contributed by atoms with Gasteiger partial charge in [0.2, 0.25) is 11.0 Å². The zero-order valence-corrected chi connectivity index (χ0v) is 8.16. The molecule has 1 heterocycles. The predicted molar refractivity (Wildman–Crippen MR) is 49.9 cm³/mol. The van der Waals surface area contributed by atoms with Gasteiger partial charge in [-0.15, -0.1) is 0 Å². The molecule has 0 saturated heterocycles. The van der Waals surface area contributed by atoms with E-state index in [4.69, 9.17) is 11.6 Å². The lowest BCUT2D eigenvalue weighted by atomic mass is 10.4. The van der Waals surface area contributed by atoms with Crippen molar-refractivity contribution in [3.63, 3.8) is 0 Å². The Labute approximate surface area is 91.7 Å². The zero-order chi connectivity index (χ0) is 12.3. The maximum absolute atomic E-state index is 12.0. The number of aromatic nitrogens is 1. The fourth-order valence-corrected chi connectivity index (χ4v) is 0.854. The Bertz CT molecular complexity index is 447. The van der Waals surface area contributed by atoms with Gasteiger partial charge in [0.15, 0.2) is 0 Å². The van der Waals surface area contributed by atoms with Crippen LogP contribution in [0.2, 0.25) is 0 Å². The van der Waals surface area contributed by atoms with Crippen molar-refractivity contribution in [2.24, 2.45) is 4.99 Å². The highest BCUT2D eigenvalue weighted by Gasteiger charge is 2.35. The van der Waals surface area contributed by atoms with Crippen LogP contribution in [0.5, 0.6) is 0 Å². The molecular formula is C7H3ClF3N3O2. The van der Waals surface area contributed by atoms with E-state index in [1.165, 1.54) is 6.07 Å². The molecule has 9 heteroatoms. The molecule has 0 unspecified atom stereocenters.